The van der Waals surface area contributed by atoms with E-state index in [1.807, 2.05) is 21.7 Å². The molecule has 0 radical (unpaired) electrons. The number of nitrogens with zero attached hydrogens (tertiary/aromatic N) is 4. The van der Waals surface area contributed by atoms with E-state index in [2.05, 4.69) is 34.3 Å². The first-order valence-electron chi connectivity index (χ1n) is 9.91. The molecule has 1 atom stereocenters. The Balaban J connectivity index is 1.31. The van der Waals surface area contributed by atoms with Crippen LogP contribution < -0.4 is 0 Å². The topological polar surface area (TPSA) is 78.7 Å². The van der Waals surface area contributed by atoms with E-state index in [9.17, 15) is 9.59 Å². The number of aliphatic carboxylic acids is 1. The van der Waals surface area contributed by atoms with Gasteiger partial charge in [0.15, 0.2) is 0 Å². The lowest BCUT2D eigenvalue weighted by Gasteiger charge is -2.29. The van der Waals surface area contributed by atoms with Crippen LogP contribution in [0.4, 0.5) is 0 Å². The van der Waals surface area contributed by atoms with Crippen molar-refractivity contribution in [2.45, 2.75) is 38.3 Å². The summed E-state index contributed by atoms with van der Waals surface area (Å²) in [6.07, 6.45) is 1.60. The molecule has 1 N–H and O–H groups in total. The van der Waals surface area contributed by atoms with Gasteiger partial charge in [0.1, 0.15) is 0 Å². The number of likely N-dealkylation sites (tertiary alicyclic amines) is 1. The molecule has 2 aromatic rings. The third kappa shape index (κ3) is 4.25. The number of aryl methyl sites for hydroxylation is 1. The van der Waals surface area contributed by atoms with Gasteiger partial charge in [-0.25, -0.2) is 0 Å². The Labute approximate surface area is 164 Å². The van der Waals surface area contributed by atoms with Crippen molar-refractivity contribution in [3.8, 4) is 0 Å². The number of rotatable bonds is 6. The summed E-state index contributed by atoms with van der Waals surface area (Å²) in [5, 5.41) is 13.3. The van der Waals surface area contributed by atoms with E-state index in [4.69, 9.17) is 5.11 Å². The summed E-state index contributed by atoms with van der Waals surface area (Å²) in [7, 11) is 0. The lowest BCUT2D eigenvalue weighted by molar-refractivity contribution is -0.137. The molecule has 0 saturated carbocycles. The Bertz CT molecular complexity index is 849. The van der Waals surface area contributed by atoms with Crippen molar-refractivity contribution in [3.05, 3.63) is 53.3 Å². The summed E-state index contributed by atoms with van der Waals surface area (Å²) >= 11 is 0. The van der Waals surface area contributed by atoms with E-state index in [1.165, 1.54) is 5.56 Å². The monoisotopic (exact) mass is 382 g/mol. The molecule has 0 spiro atoms. The molecular weight excluding hydrogens is 356 g/mol. The van der Waals surface area contributed by atoms with Crippen molar-refractivity contribution >= 4 is 11.9 Å². The average molecular weight is 382 g/mol. The first-order valence-corrected chi connectivity index (χ1v) is 9.91. The molecule has 1 aromatic heterocycles. The maximum absolute atomic E-state index is 12.8. The number of carboxylic acids is 1. The lowest BCUT2D eigenvalue weighted by atomic mass is 9.99. The van der Waals surface area contributed by atoms with Gasteiger partial charge in [-0.2, -0.15) is 5.10 Å². The van der Waals surface area contributed by atoms with Crippen LogP contribution in [-0.4, -0.2) is 62.7 Å². The minimum atomic E-state index is -0.817. The molecule has 2 aliphatic rings. The highest BCUT2D eigenvalue weighted by Crippen LogP contribution is 2.27. The van der Waals surface area contributed by atoms with Crippen LogP contribution in [-0.2, 0) is 29.1 Å². The number of carboxylic acid groups (broad SMARTS) is 1. The molecule has 28 heavy (non-hydrogen) atoms. The van der Waals surface area contributed by atoms with Gasteiger partial charge in [0.25, 0.3) is 0 Å². The molecule has 7 heteroatoms. The Morgan fingerprint density at radius 2 is 1.96 bits per heavy atom. The lowest BCUT2D eigenvalue weighted by Crippen LogP contribution is -2.43. The zero-order valence-electron chi connectivity index (χ0n) is 16.0. The number of carbonyl (C=O) groups is 2. The largest absolute Gasteiger partial charge is 0.481 e. The first kappa shape index (κ1) is 18.7. The Morgan fingerprint density at radius 3 is 2.75 bits per heavy atom. The molecule has 1 saturated heterocycles. The normalized spacial score (nSPS) is 19.6. The van der Waals surface area contributed by atoms with Gasteiger partial charge in [0, 0.05) is 19.5 Å². The number of fused-ring (bicyclic) bond motifs is 1. The van der Waals surface area contributed by atoms with Crippen LogP contribution in [0, 0.1) is 0 Å². The van der Waals surface area contributed by atoms with Crippen molar-refractivity contribution in [1.29, 1.82) is 0 Å². The molecule has 1 fully saturated rings. The molecule has 0 bridgehead atoms. The van der Waals surface area contributed by atoms with Gasteiger partial charge in [-0.3, -0.25) is 19.2 Å². The minimum absolute atomic E-state index is 0.0800. The summed E-state index contributed by atoms with van der Waals surface area (Å²) in [4.78, 5) is 27.7. The fourth-order valence-electron chi connectivity index (χ4n) is 4.16. The van der Waals surface area contributed by atoms with Crippen molar-refractivity contribution in [2.24, 2.45) is 0 Å². The fraction of sp³-hybridized carbons (Fsp3) is 0.476. The van der Waals surface area contributed by atoms with E-state index in [0.29, 0.717) is 38.5 Å². The molecule has 0 aliphatic carbocycles. The van der Waals surface area contributed by atoms with Gasteiger partial charge < -0.3 is 10.0 Å². The average Bonchev–Trinajstić information content (AvgIpc) is 3.33. The molecule has 1 amide bonds. The molecular formula is C21H26N4O3. The highest BCUT2D eigenvalue weighted by molar-refractivity contribution is 5.78. The minimum Gasteiger partial charge on any atom is -0.481 e. The Hall–Kier alpha value is -2.67. The van der Waals surface area contributed by atoms with Gasteiger partial charge in [-0.05, 0) is 30.5 Å². The van der Waals surface area contributed by atoms with E-state index in [0.717, 1.165) is 30.9 Å². The molecule has 148 valence electrons. The summed E-state index contributed by atoms with van der Waals surface area (Å²) in [6, 6.07) is 12.5. The van der Waals surface area contributed by atoms with Gasteiger partial charge in [-0.1, -0.05) is 30.3 Å². The van der Waals surface area contributed by atoms with Gasteiger partial charge in [0.05, 0.1) is 37.4 Å². The molecule has 0 unspecified atom stereocenters. The fourth-order valence-corrected chi connectivity index (χ4v) is 4.16. The molecule has 7 nitrogen and oxygen atoms in total. The number of aromatic nitrogens is 2. The molecule has 4 rings (SSSR count). The van der Waals surface area contributed by atoms with Gasteiger partial charge in [0.2, 0.25) is 5.91 Å². The van der Waals surface area contributed by atoms with Crippen molar-refractivity contribution < 1.29 is 14.7 Å². The Morgan fingerprint density at radius 1 is 1.14 bits per heavy atom. The van der Waals surface area contributed by atoms with Crippen LogP contribution in [0.5, 0.6) is 0 Å². The van der Waals surface area contributed by atoms with Crippen molar-refractivity contribution in [1.82, 2.24) is 19.6 Å². The van der Waals surface area contributed by atoms with Crippen LogP contribution >= 0.6 is 0 Å². The van der Waals surface area contributed by atoms with Crippen LogP contribution in [0.1, 0.15) is 35.7 Å². The Kier molecular flexibility index (Phi) is 5.43. The standard InChI is InChI=1S/C21H26N4O3/c26-20(15-23-9-8-17(13-23)16-4-2-1-3-5-16)24-10-11-25-19(14-24)12-18(22-25)6-7-21(27)28/h1-5,12,17H,6-11,13-15H2,(H,27,28)/t17-/m1/s1. The quantitative estimate of drug-likeness (QED) is 0.823. The van der Waals surface area contributed by atoms with Crippen LogP contribution in [0.25, 0.3) is 0 Å². The summed E-state index contributed by atoms with van der Waals surface area (Å²) in [5.41, 5.74) is 3.13. The van der Waals surface area contributed by atoms with E-state index in [1.54, 1.807) is 0 Å². The molecule has 1 aromatic carbocycles. The van der Waals surface area contributed by atoms with Gasteiger partial charge in [-0.15, -0.1) is 0 Å². The third-order valence-electron chi connectivity index (χ3n) is 5.70. The summed E-state index contributed by atoms with van der Waals surface area (Å²) in [6.45, 7) is 4.22. The summed E-state index contributed by atoms with van der Waals surface area (Å²) < 4.78 is 1.91. The van der Waals surface area contributed by atoms with Crippen molar-refractivity contribution in [3.63, 3.8) is 0 Å². The van der Waals surface area contributed by atoms with Crippen LogP contribution in [0.2, 0.25) is 0 Å². The smallest absolute Gasteiger partial charge is 0.303 e. The number of hydrogen-bond donors (Lipinski definition) is 1. The molecule has 3 heterocycles. The SMILES string of the molecule is O=C(O)CCc1cc2n(n1)CCN(C(=O)CN1CC[C@@H](c3ccccc3)C1)C2. The zero-order chi connectivity index (χ0) is 19.5. The zero-order valence-corrected chi connectivity index (χ0v) is 16.0. The van der Waals surface area contributed by atoms with E-state index in [-0.39, 0.29) is 12.3 Å². The summed E-state index contributed by atoms with van der Waals surface area (Å²) in [5.74, 6) is -0.149. The second-order valence-electron chi connectivity index (χ2n) is 7.69. The second-order valence-corrected chi connectivity index (χ2v) is 7.69. The first-order chi connectivity index (χ1) is 13.6. The van der Waals surface area contributed by atoms with E-state index < -0.39 is 5.97 Å². The number of hydrogen-bond acceptors (Lipinski definition) is 4. The van der Waals surface area contributed by atoms with Crippen LogP contribution in [0.15, 0.2) is 36.4 Å². The highest BCUT2D eigenvalue weighted by atomic mass is 16.4. The predicted octanol–water partition coefficient (Wildman–Crippen LogP) is 1.73. The van der Waals surface area contributed by atoms with Gasteiger partial charge >= 0.3 is 5.97 Å². The third-order valence-corrected chi connectivity index (χ3v) is 5.70. The predicted molar refractivity (Wildman–Crippen MR) is 104 cm³/mol. The number of amides is 1. The van der Waals surface area contributed by atoms with E-state index >= 15 is 0 Å². The maximum Gasteiger partial charge on any atom is 0.303 e. The number of carbonyl (C=O) groups excluding carboxylic acids is 1. The highest BCUT2D eigenvalue weighted by Gasteiger charge is 2.28. The maximum atomic E-state index is 12.8. The van der Waals surface area contributed by atoms with Crippen molar-refractivity contribution in [2.75, 3.05) is 26.2 Å². The number of benzene rings is 1. The molecule has 2 aliphatic heterocycles. The van der Waals surface area contributed by atoms with Crippen LogP contribution in [0.3, 0.4) is 0 Å². The second kappa shape index (κ2) is 8.14.